The van der Waals surface area contributed by atoms with E-state index in [2.05, 4.69) is 51.9 Å². The Kier molecular flexibility index (Phi) is 4.85. The fourth-order valence-corrected chi connectivity index (χ4v) is 3.47. The molecule has 0 spiro atoms. The van der Waals surface area contributed by atoms with Gasteiger partial charge in [0.15, 0.2) is 5.79 Å². The van der Waals surface area contributed by atoms with Gasteiger partial charge in [-0.05, 0) is 25.8 Å². The van der Waals surface area contributed by atoms with Crippen LogP contribution in [0, 0.1) is 0 Å². The van der Waals surface area contributed by atoms with E-state index in [1.807, 2.05) is 19.9 Å². The van der Waals surface area contributed by atoms with E-state index in [0.29, 0.717) is 6.61 Å². The predicted molar refractivity (Wildman–Crippen MR) is 89.1 cm³/mol. The Bertz CT molecular complexity index is 468. The molecule has 3 rings (SSSR count). The Labute approximate surface area is 139 Å². The van der Waals surface area contributed by atoms with Gasteiger partial charge in [-0.3, -0.25) is 4.84 Å². The Morgan fingerprint density at radius 2 is 2.05 bits per heavy atom. The van der Waals surface area contributed by atoms with Gasteiger partial charge in [0.05, 0.1) is 18.8 Å². The number of nitrogens with zero attached hydrogens (tertiary/aromatic N) is 1. The van der Waals surface area contributed by atoms with Crippen LogP contribution in [0.1, 0.15) is 25.8 Å². The average Bonchev–Trinajstić information content (AvgIpc) is 3.03. The highest BCUT2D eigenvalue weighted by molar-refractivity contribution is 14.1. The third kappa shape index (κ3) is 3.76. The molecule has 0 bridgehead atoms. The normalized spacial score (nSPS) is 32.6. The highest BCUT2D eigenvalue weighted by Crippen LogP contribution is 2.33. The molecule has 4 nitrogen and oxygen atoms in total. The van der Waals surface area contributed by atoms with E-state index >= 15 is 0 Å². The second-order valence-corrected chi connectivity index (χ2v) is 6.99. The molecule has 0 saturated carbocycles. The lowest BCUT2D eigenvalue weighted by molar-refractivity contribution is -0.192. The minimum atomic E-state index is -0.481. The summed E-state index contributed by atoms with van der Waals surface area (Å²) in [6.45, 7) is 5.37. The Balaban J connectivity index is 1.71. The van der Waals surface area contributed by atoms with Gasteiger partial charge in [0, 0.05) is 11.0 Å². The number of rotatable bonds is 4. The van der Waals surface area contributed by atoms with Gasteiger partial charge in [0.1, 0.15) is 6.10 Å². The minimum Gasteiger partial charge on any atom is -0.348 e. The first-order valence-electron chi connectivity index (χ1n) is 7.42. The number of hydroxylamine groups is 2. The molecule has 0 N–H and O–H groups in total. The molecule has 5 heteroatoms. The van der Waals surface area contributed by atoms with Crippen molar-refractivity contribution in [2.24, 2.45) is 0 Å². The van der Waals surface area contributed by atoms with E-state index in [1.165, 1.54) is 5.56 Å². The van der Waals surface area contributed by atoms with Gasteiger partial charge in [-0.15, -0.1) is 0 Å². The average molecular weight is 403 g/mol. The Morgan fingerprint density at radius 1 is 1.29 bits per heavy atom. The molecule has 2 saturated heterocycles. The van der Waals surface area contributed by atoms with Crippen LogP contribution in [0.5, 0.6) is 0 Å². The summed E-state index contributed by atoms with van der Waals surface area (Å²) < 4.78 is 12.8. The highest BCUT2D eigenvalue weighted by atomic mass is 127. The molecule has 3 atom stereocenters. The molecule has 2 aliphatic rings. The van der Waals surface area contributed by atoms with Crippen LogP contribution in [-0.4, -0.2) is 40.1 Å². The monoisotopic (exact) mass is 403 g/mol. The van der Waals surface area contributed by atoms with E-state index in [0.717, 1.165) is 17.4 Å². The van der Waals surface area contributed by atoms with Gasteiger partial charge in [-0.25, -0.2) is 0 Å². The molecule has 1 aromatic rings. The molecule has 116 valence electrons. The lowest BCUT2D eigenvalue weighted by Crippen LogP contribution is -2.40. The van der Waals surface area contributed by atoms with Crippen molar-refractivity contribution in [1.29, 1.82) is 0 Å². The molecule has 0 unspecified atom stereocenters. The smallest absolute Gasteiger partial charge is 0.163 e. The van der Waals surface area contributed by atoms with E-state index in [9.17, 15) is 0 Å². The first-order chi connectivity index (χ1) is 10.1. The lowest BCUT2D eigenvalue weighted by Gasteiger charge is -2.27. The van der Waals surface area contributed by atoms with Crippen molar-refractivity contribution in [2.75, 3.05) is 11.0 Å². The largest absolute Gasteiger partial charge is 0.348 e. The summed E-state index contributed by atoms with van der Waals surface area (Å²) in [5.41, 5.74) is 1.26. The van der Waals surface area contributed by atoms with Crippen molar-refractivity contribution in [2.45, 2.75) is 50.8 Å². The van der Waals surface area contributed by atoms with Gasteiger partial charge in [0.2, 0.25) is 0 Å². The van der Waals surface area contributed by atoms with E-state index in [-0.39, 0.29) is 18.2 Å². The van der Waals surface area contributed by atoms with Gasteiger partial charge in [-0.1, -0.05) is 52.9 Å². The van der Waals surface area contributed by atoms with E-state index in [1.54, 1.807) is 0 Å². The standard InChI is InChI=1S/C16H22INO3/c1-16(2)19-11-15(20-16)14-8-13(9-17)21-18(14)10-12-6-4-3-5-7-12/h3-7,13-15H,8-11H2,1-2H3/t13-,14+,15-/m1/s1. The van der Waals surface area contributed by atoms with Crippen molar-refractivity contribution in [3.63, 3.8) is 0 Å². The second-order valence-electron chi connectivity index (χ2n) is 6.11. The molecule has 0 aliphatic carbocycles. The zero-order chi connectivity index (χ0) is 14.9. The van der Waals surface area contributed by atoms with E-state index in [4.69, 9.17) is 14.3 Å². The molecule has 0 radical (unpaired) electrons. The van der Waals surface area contributed by atoms with Crippen molar-refractivity contribution in [1.82, 2.24) is 5.06 Å². The molecule has 2 fully saturated rings. The van der Waals surface area contributed by atoms with Crippen molar-refractivity contribution < 1.29 is 14.3 Å². The van der Waals surface area contributed by atoms with Crippen molar-refractivity contribution in [3.8, 4) is 0 Å². The number of benzene rings is 1. The van der Waals surface area contributed by atoms with Crippen LogP contribution in [0.2, 0.25) is 0 Å². The van der Waals surface area contributed by atoms with Crippen molar-refractivity contribution in [3.05, 3.63) is 35.9 Å². The summed E-state index contributed by atoms with van der Waals surface area (Å²) in [4.78, 5) is 6.10. The third-order valence-corrected chi connectivity index (χ3v) is 4.95. The fourth-order valence-electron chi connectivity index (χ4n) is 2.95. The SMILES string of the molecule is CC1(C)OC[C@H]([C@@H]2C[C@H](CI)ON2Cc2ccccc2)O1. The van der Waals surface area contributed by atoms with Crippen LogP contribution >= 0.6 is 22.6 Å². The quantitative estimate of drug-likeness (QED) is 0.571. The summed E-state index contributed by atoms with van der Waals surface area (Å²) in [7, 11) is 0. The Hall–Kier alpha value is -0.210. The molecular formula is C16H22INO3. The molecule has 2 aliphatic heterocycles. The number of alkyl halides is 1. The molecule has 1 aromatic carbocycles. The van der Waals surface area contributed by atoms with Crippen LogP contribution < -0.4 is 0 Å². The minimum absolute atomic E-state index is 0.0802. The molecule has 0 amide bonds. The van der Waals surface area contributed by atoms with Gasteiger partial charge < -0.3 is 9.47 Å². The van der Waals surface area contributed by atoms with Crippen LogP contribution in [0.25, 0.3) is 0 Å². The summed E-state index contributed by atoms with van der Waals surface area (Å²) in [5.74, 6) is -0.481. The number of hydrogen-bond donors (Lipinski definition) is 0. The maximum absolute atomic E-state index is 6.10. The molecule has 2 heterocycles. The van der Waals surface area contributed by atoms with Crippen molar-refractivity contribution >= 4 is 22.6 Å². The Morgan fingerprint density at radius 3 is 2.67 bits per heavy atom. The van der Waals surface area contributed by atoms with Crippen LogP contribution in [-0.2, 0) is 20.9 Å². The second kappa shape index (κ2) is 6.50. The topological polar surface area (TPSA) is 30.9 Å². The molecular weight excluding hydrogens is 381 g/mol. The lowest BCUT2D eigenvalue weighted by atomic mass is 10.1. The number of ether oxygens (including phenoxy) is 2. The fraction of sp³-hybridized carbons (Fsp3) is 0.625. The summed E-state index contributed by atoms with van der Waals surface area (Å²) >= 11 is 2.39. The van der Waals surface area contributed by atoms with Crippen LogP contribution in [0.15, 0.2) is 30.3 Å². The third-order valence-electron chi connectivity index (χ3n) is 3.97. The summed E-state index contributed by atoms with van der Waals surface area (Å²) in [6, 6.07) is 10.7. The van der Waals surface area contributed by atoms with Crippen LogP contribution in [0.4, 0.5) is 0 Å². The zero-order valence-electron chi connectivity index (χ0n) is 12.5. The first-order valence-corrected chi connectivity index (χ1v) is 8.95. The zero-order valence-corrected chi connectivity index (χ0v) is 14.7. The maximum atomic E-state index is 6.10. The first kappa shape index (κ1) is 15.7. The van der Waals surface area contributed by atoms with Crippen LogP contribution in [0.3, 0.4) is 0 Å². The number of hydrogen-bond acceptors (Lipinski definition) is 4. The summed E-state index contributed by atoms with van der Waals surface area (Å²) in [6.07, 6.45) is 1.35. The van der Waals surface area contributed by atoms with Gasteiger partial charge >= 0.3 is 0 Å². The molecule has 0 aromatic heterocycles. The number of halogens is 1. The van der Waals surface area contributed by atoms with Gasteiger partial charge in [-0.2, -0.15) is 5.06 Å². The van der Waals surface area contributed by atoms with E-state index < -0.39 is 5.79 Å². The summed E-state index contributed by atoms with van der Waals surface area (Å²) in [5, 5.41) is 2.09. The predicted octanol–water partition coefficient (Wildman–Crippen LogP) is 3.15. The van der Waals surface area contributed by atoms with Gasteiger partial charge in [0.25, 0.3) is 0 Å². The maximum Gasteiger partial charge on any atom is 0.163 e. The molecule has 21 heavy (non-hydrogen) atoms. The highest BCUT2D eigenvalue weighted by Gasteiger charge is 2.44.